The Morgan fingerprint density at radius 1 is 1.09 bits per heavy atom. The van der Waals surface area contributed by atoms with E-state index in [-0.39, 0.29) is 12.5 Å². The van der Waals surface area contributed by atoms with Gasteiger partial charge >= 0.3 is 0 Å². The molecule has 0 saturated carbocycles. The maximum Gasteiger partial charge on any atom is 0.277 e. The lowest BCUT2D eigenvalue weighted by Crippen LogP contribution is -2.24. The molecule has 6 nitrogen and oxygen atoms in total. The molecule has 0 aliphatic heterocycles. The molecule has 2 aromatic rings. The van der Waals surface area contributed by atoms with Crippen LogP contribution in [0.2, 0.25) is 0 Å². The quantitative estimate of drug-likeness (QED) is 0.628. The van der Waals surface area contributed by atoms with Gasteiger partial charge in [0.2, 0.25) is 0 Å². The smallest absolute Gasteiger partial charge is 0.277 e. The molecule has 1 N–H and O–H groups in total. The average molecular weight is 314 g/mol. The van der Waals surface area contributed by atoms with Crippen LogP contribution in [0.15, 0.2) is 53.6 Å². The summed E-state index contributed by atoms with van der Waals surface area (Å²) in [7, 11) is 3.10. The highest BCUT2D eigenvalue weighted by molar-refractivity contribution is 5.86. The van der Waals surface area contributed by atoms with Gasteiger partial charge in [-0.1, -0.05) is 24.3 Å². The molecule has 0 aliphatic carbocycles. The molecule has 0 aliphatic rings. The topological polar surface area (TPSA) is 69.2 Å². The number of methoxy groups -OCH3 is 2. The summed E-state index contributed by atoms with van der Waals surface area (Å²) < 4.78 is 15.8. The summed E-state index contributed by atoms with van der Waals surface area (Å²) in [6.07, 6.45) is 1.49. The van der Waals surface area contributed by atoms with E-state index < -0.39 is 0 Å². The number of rotatable bonds is 7. The third-order valence-corrected chi connectivity index (χ3v) is 2.94. The summed E-state index contributed by atoms with van der Waals surface area (Å²) >= 11 is 0. The highest BCUT2D eigenvalue weighted by atomic mass is 16.5. The summed E-state index contributed by atoms with van der Waals surface area (Å²) in [6, 6.07) is 14.5. The lowest BCUT2D eigenvalue weighted by Gasteiger charge is -2.09. The standard InChI is InChI=1S/C17H18N2O4/c1-21-15-10-6-7-13(17(15)22-2)11-18-19-16(20)12-23-14-8-4-3-5-9-14/h3-11H,12H2,1-2H3,(H,19,20)/b18-11+. The van der Waals surface area contributed by atoms with E-state index in [9.17, 15) is 4.79 Å². The Hall–Kier alpha value is -3.02. The van der Waals surface area contributed by atoms with Gasteiger partial charge in [-0.15, -0.1) is 0 Å². The summed E-state index contributed by atoms with van der Waals surface area (Å²) in [4.78, 5) is 11.7. The van der Waals surface area contributed by atoms with Gasteiger partial charge in [0.1, 0.15) is 5.75 Å². The van der Waals surface area contributed by atoms with Crippen molar-refractivity contribution in [2.45, 2.75) is 0 Å². The van der Waals surface area contributed by atoms with Crippen LogP contribution >= 0.6 is 0 Å². The predicted octanol–water partition coefficient (Wildman–Crippen LogP) is 2.23. The van der Waals surface area contributed by atoms with Gasteiger partial charge in [-0.25, -0.2) is 5.43 Å². The van der Waals surface area contributed by atoms with Gasteiger partial charge in [0, 0.05) is 5.56 Å². The summed E-state index contributed by atoms with van der Waals surface area (Å²) in [5.74, 6) is 1.41. The predicted molar refractivity (Wildman–Crippen MR) is 87.2 cm³/mol. The van der Waals surface area contributed by atoms with E-state index in [1.54, 1.807) is 38.5 Å². The molecular weight excluding hydrogens is 296 g/mol. The molecule has 120 valence electrons. The first-order valence-electron chi connectivity index (χ1n) is 6.95. The Kier molecular flexibility index (Phi) is 5.99. The fourth-order valence-electron chi connectivity index (χ4n) is 1.89. The molecule has 2 aromatic carbocycles. The molecule has 6 heteroatoms. The van der Waals surface area contributed by atoms with Crippen molar-refractivity contribution in [2.24, 2.45) is 5.10 Å². The third kappa shape index (κ3) is 4.74. The van der Waals surface area contributed by atoms with Crippen LogP contribution in [0, 0.1) is 0 Å². The molecule has 0 heterocycles. The average Bonchev–Trinajstić information content (AvgIpc) is 2.60. The van der Waals surface area contributed by atoms with E-state index in [0.717, 1.165) is 0 Å². The first-order chi connectivity index (χ1) is 11.2. The lowest BCUT2D eigenvalue weighted by atomic mass is 10.2. The van der Waals surface area contributed by atoms with Crippen molar-refractivity contribution in [1.29, 1.82) is 0 Å². The first-order valence-corrected chi connectivity index (χ1v) is 6.95. The Bertz CT molecular complexity index is 672. The van der Waals surface area contributed by atoms with E-state index >= 15 is 0 Å². The molecule has 0 fully saturated rings. The minimum absolute atomic E-state index is 0.114. The Labute approximate surface area is 134 Å². The number of nitrogens with zero attached hydrogens (tertiary/aromatic N) is 1. The normalized spacial score (nSPS) is 10.3. The number of carbonyl (C=O) groups excluding carboxylic acids is 1. The van der Waals surface area contributed by atoms with Crippen LogP contribution in [0.25, 0.3) is 0 Å². The molecule has 0 unspecified atom stereocenters. The molecular formula is C17H18N2O4. The SMILES string of the molecule is COc1cccc(/C=N/NC(=O)COc2ccccc2)c1OC. The minimum Gasteiger partial charge on any atom is -0.493 e. The Morgan fingerprint density at radius 3 is 2.57 bits per heavy atom. The van der Waals surface area contributed by atoms with Crippen LogP contribution in [0.5, 0.6) is 17.2 Å². The van der Waals surface area contributed by atoms with Crippen molar-refractivity contribution in [3.63, 3.8) is 0 Å². The number of hydrazone groups is 1. The van der Waals surface area contributed by atoms with Crippen molar-refractivity contribution >= 4 is 12.1 Å². The largest absolute Gasteiger partial charge is 0.493 e. The van der Waals surface area contributed by atoms with Gasteiger partial charge < -0.3 is 14.2 Å². The molecule has 0 spiro atoms. The maximum absolute atomic E-state index is 11.7. The second kappa shape index (κ2) is 8.43. The molecule has 0 saturated heterocycles. The van der Waals surface area contributed by atoms with Crippen LogP contribution in [0.1, 0.15) is 5.56 Å². The highest BCUT2D eigenvalue weighted by Gasteiger charge is 2.07. The summed E-state index contributed by atoms with van der Waals surface area (Å²) in [5, 5.41) is 3.90. The van der Waals surface area contributed by atoms with Gasteiger partial charge in [0.05, 0.1) is 20.4 Å². The minimum atomic E-state index is -0.355. The molecule has 0 bridgehead atoms. The number of hydrogen-bond acceptors (Lipinski definition) is 5. The van der Waals surface area contributed by atoms with Crippen molar-refractivity contribution in [2.75, 3.05) is 20.8 Å². The van der Waals surface area contributed by atoms with Gasteiger partial charge in [0.15, 0.2) is 18.1 Å². The first kappa shape index (κ1) is 16.4. The molecule has 23 heavy (non-hydrogen) atoms. The number of ether oxygens (including phenoxy) is 3. The molecule has 1 amide bonds. The number of benzene rings is 2. The van der Waals surface area contributed by atoms with Crippen molar-refractivity contribution in [3.8, 4) is 17.2 Å². The fraction of sp³-hybridized carbons (Fsp3) is 0.176. The zero-order valence-corrected chi connectivity index (χ0v) is 13.0. The molecule has 0 radical (unpaired) electrons. The van der Waals surface area contributed by atoms with E-state index in [1.807, 2.05) is 24.3 Å². The lowest BCUT2D eigenvalue weighted by molar-refractivity contribution is -0.123. The maximum atomic E-state index is 11.7. The van der Waals surface area contributed by atoms with Gasteiger partial charge in [0.25, 0.3) is 5.91 Å². The van der Waals surface area contributed by atoms with Crippen LogP contribution in [0.4, 0.5) is 0 Å². The number of nitrogens with one attached hydrogen (secondary N) is 1. The summed E-state index contributed by atoms with van der Waals surface area (Å²) in [5.41, 5.74) is 3.09. The number of carbonyl (C=O) groups is 1. The number of para-hydroxylation sites is 2. The van der Waals surface area contributed by atoms with Gasteiger partial charge in [-0.05, 0) is 24.3 Å². The molecule has 0 atom stereocenters. The van der Waals surface area contributed by atoms with Crippen LogP contribution in [-0.2, 0) is 4.79 Å². The zero-order valence-electron chi connectivity index (χ0n) is 13.0. The van der Waals surface area contributed by atoms with E-state index in [4.69, 9.17) is 14.2 Å². The third-order valence-electron chi connectivity index (χ3n) is 2.94. The van der Waals surface area contributed by atoms with Crippen molar-refractivity contribution < 1.29 is 19.0 Å². The summed E-state index contributed by atoms with van der Waals surface area (Å²) in [6.45, 7) is -0.114. The number of amides is 1. The Balaban J connectivity index is 1.90. The number of hydrogen-bond donors (Lipinski definition) is 1. The fourth-order valence-corrected chi connectivity index (χ4v) is 1.89. The van der Waals surface area contributed by atoms with Crippen LogP contribution in [-0.4, -0.2) is 32.9 Å². The zero-order chi connectivity index (χ0) is 16.5. The second-order valence-electron chi connectivity index (χ2n) is 4.48. The van der Waals surface area contributed by atoms with E-state index in [2.05, 4.69) is 10.5 Å². The molecule has 0 aromatic heterocycles. The van der Waals surface area contributed by atoms with Crippen LogP contribution < -0.4 is 19.6 Å². The van der Waals surface area contributed by atoms with Crippen molar-refractivity contribution in [3.05, 3.63) is 54.1 Å². The monoisotopic (exact) mass is 314 g/mol. The second-order valence-corrected chi connectivity index (χ2v) is 4.48. The Morgan fingerprint density at radius 2 is 1.87 bits per heavy atom. The van der Waals surface area contributed by atoms with Crippen molar-refractivity contribution in [1.82, 2.24) is 5.43 Å². The van der Waals surface area contributed by atoms with Crippen LogP contribution in [0.3, 0.4) is 0 Å². The van der Waals surface area contributed by atoms with Gasteiger partial charge in [-0.3, -0.25) is 4.79 Å². The van der Waals surface area contributed by atoms with E-state index in [0.29, 0.717) is 22.8 Å². The van der Waals surface area contributed by atoms with E-state index in [1.165, 1.54) is 6.21 Å². The van der Waals surface area contributed by atoms with Gasteiger partial charge in [-0.2, -0.15) is 5.10 Å². The molecule has 2 rings (SSSR count). The highest BCUT2D eigenvalue weighted by Crippen LogP contribution is 2.29.